The number of anilines is 1. The van der Waals surface area contributed by atoms with Gasteiger partial charge in [-0.05, 0) is 58.7 Å². The first-order valence-electron chi connectivity index (χ1n) is 8.45. The van der Waals surface area contributed by atoms with E-state index in [0.717, 1.165) is 31.2 Å². The fourth-order valence-corrected chi connectivity index (χ4v) is 1.98. The number of ether oxygens (including phenoxy) is 1. The molecule has 0 aliphatic carbocycles. The monoisotopic (exact) mass is 462 g/mol. The molecule has 1 amide bonds. The van der Waals surface area contributed by atoms with E-state index in [4.69, 9.17) is 4.74 Å². The number of nitrogens with one attached hydrogen (secondary N) is 3. The van der Waals surface area contributed by atoms with Crippen LogP contribution in [0.25, 0.3) is 0 Å². The third kappa shape index (κ3) is 10.9. The number of aliphatic imine (C=N–C) groups is 1. The van der Waals surface area contributed by atoms with Crippen LogP contribution >= 0.6 is 24.0 Å². The minimum Gasteiger partial charge on any atom is -0.444 e. The molecule has 1 rings (SSSR count). The zero-order valence-corrected chi connectivity index (χ0v) is 18.1. The molecule has 0 aliphatic heterocycles. The summed E-state index contributed by atoms with van der Waals surface area (Å²) in [6.07, 6.45) is 0.397. The summed E-state index contributed by atoms with van der Waals surface area (Å²) in [7, 11) is 0. The molecule has 3 N–H and O–H groups in total. The Kier molecular flexibility index (Phi) is 11.2. The first kappa shape index (κ1) is 23.5. The van der Waals surface area contributed by atoms with Crippen molar-refractivity contribution in [3.8, 4) is 0 Å². The predicted molar refractivity (Wildman–Crippen MR) is 115 cm³/mol. The normalized spacial score (nSPS) is 10.3. The van der Waals surface area contributed by atoms with Crippen molar-refractivity contribution in [2.45, 2.75) is 46.6 Å². The molecule has 0 atom stereocenters. The lowest BCUT2D eigenvalue weighted by molar-refractivity contribution is 0.0636. The van der Waals surface area contributed by atoms with Crippen molar-refractivity contribution in [1.29, 1.82) is 0 Å². The van der Waals surface area contributed by atoms with Crippen LogP contribution in [-0.2, 0) is 11.2 Å². The number of rotatable bonds is 6. The number of halogens is 1. The van der Waals surface area contributed by atoms with Gasteiger partial charge >= 0.3 is 6.09 Å². The van der Waals surface area contributed by atoms with Crippen LogP contribution in [0, 0.1) is 0 Å². The average Bonchev–Trinajstić information content (AvgIpc) is 2.47. The van der Waals surface area contributed by atoms with Crippen LogP contribution in [0.4, 0.5) is 10.5 Å². The summed E-state index contributed by atoms with van der Waals surface area (Å²) >= 11 is 0. The number of benzene rings is 1. The number of guanidine groups is 1. The van der Waals surface area contributed by atoms with Gasteiger partial charge in [-0.25, -0.2) is 4.79 Å². The topological polar surface area (TPSA) is 74.8 Å². The third-order valence-electron chi connectivity index (χ3n) is 2.96. The fourth-order valence-electron chi connectivity index (χ4n) is 1.98. The first-order chi connectivity index (χ1) is 11.3. The van der Waals surface area contributed by atoms with Crippen molar-refractivity contribution in [1.82, 2.24) is 10.6 Å². The molecule has 0 fully saturated rings. The summed E-state index contributed by atoms with van der Waals surface area (Å²) in [5.41, 5.74) is 1.39. The van der Waals surface area contributed by atoms with Gasteiger partial charge in [0.1, 0.15) is 5.60 Å². The number of hydrogen-bond donors (Lipinski definition) is 3. The van der Waals surface area contributed by atoms with E-state index in [9.17, 15) is 4.79 Å². The Hall–Kier alpha value is -1.51. The lowest BCUT2D eigenvalue weighted by Crippen LogP contribution is -2.37. The van der Waals surface area contributed by atoms with E-state index in [0.29, 0.717) is 6.54 Å². The second-order valence-corrected chi connectivity index (χ2v) is 6.36. The lowest BCUT2D eigenvalue weighted by atomic mass is 10.1. The Morgan fingerprint density at radius 3 is 2.12 bits per heavy atom. The van der Waals surface area contributed by atoms with E-state index in [1.807, 2.05) is 58.9 Å². The molecule has 0 bridgehead atoms. The Morgan fingerprint density at radius 1 is 1.08 bits per heavy atom. The van der Waals surface area contributed by atoms with Gasteiger partial charge in [-0.3, -0.25) is 10.3 Å². The molecule has 0 aromatic heterocycles. The SMILES string of the molecule is CCNC(=NCCc1ccc(NC(=O)OC(C)(C)C)cc1)NCC.I. The van der Waals surface area contributed by atoms with Crippen LogP contribution in [0.2, 0.25) is 0 Å². The van der Waals surface area contributed by atoms with Gasteiger partial charge in [0.15, 0.2) is 5.96 Å². The number of nitrogens with zero attached hydrogens (tertiary/aromatic N) is 1. The average molecular weight is 462 g/mol. The molecule has 0 heterocycles. The summed E-state index contributed by atoms with van der Waals surface area (Å²) in [6, 6.07) is 7.72. The highest BCUT2D eigenvalue weighted by Gasteiger charge is 2.15. The van der Waals surface area contributed by atoms with Gasteiger partial charge in [0.25, 0.3) is 0 Å². The van der Waals surface area contributed by atoms with Crippen molar-refractivity contribution in [3.63, 3.8) is 0 Å². The molecule has 6 nitrogen and oxygen atoms in total. The Morgan fingerprint density at radius 2 is 1.64 bits per heavy atom. The van der Waals surface area contributed by atoms with Crippen molar-refractivity contribution < 1.29 is 9.53 Å². The van der Waals surface area contributed by atoms with Gasteiger partial charge in [-0.15, -0.1) is 24.0 Å². The Bertz CT molecular complexity index is 531. The van der Waals surface area contributed by atoms with Crippen LogP contribution < -0.4 is 16.0 Å². The highest BCUT2D eigenvalue weighted by Crippen LogP contribution is 2.13. The molecular weight excluding hydrogens is 431 g/mol. The highest BCUT2D eigenvalue weighted by molar-refractivity contribution is 14.0. The van der Waals surface area contributed by atoms with Gasteiger partial charge in [-0.1, -0.05) is 12.1 Å². The zero-order chi connectivity index (χ0) is 18.0. The van der Waals surface area contributed by atoms with Crippen molar-refractivity contribution >= 4 is 41.7 Å². The smallest absolute Gasteiger partial charge is 0.412 e. The van der Waals surface area contributed by atoms with Crippen molar-refractivity contribution in [3.05, 3.63) is 29.8 Å². The maximum atomic E-state index is 11.7. The van der Waals surface area contributed by atoms with Gasteiger partial charge in [-0.2, -0.15) is 0 Å². The number of hydrogen-bond acceptors (Lipinski definition) is 3. The summed E-state index contributed by atoms with van der Waals surface area (Å²) < 4.78 is 5.23. The molecule has 1 aromatic carbocycles. The third-order valence-corrected chi connectivity index (χ3v) is 2.96. The van der Waals surface area contributed by atoms with Crippen LogP contribution in [0.15, 0.2) is 29.3 Å². The van der Waals surface area contributed by atoms with Crippen molar-refractivity contribution in [2.24, 2.45) is 4.99 Å². The Balaban J connectivity index is 0.00000576. The minimum absolute atomic E-state index is 0. The standard InChI is InChI=1S/C18H30N4O2.HI/c1-6-19-16(20-7-2)21-13-12-14-8-10-15(11-9-14)22-17(23)24-18(3,4)5;/h8-11H,6-7,12-13H2,1-5H3,(H,22,23)(H2,19,20,21);1H. The van der Waals surface area contributed by atoms with Crippen LogP contribution in [-0.4, -0.2) is 37.3 Å². The van der Waals surface area contributed by atoms with E-state index in [1.165, 1.54) is 5.56 Å². The fraction of sp³-hybridized carbons (Fsp3) is 0.556. The number of carbonyl (C=O) groups is 1. The molecular formula is C18H31IN4O2. The van der Waals surface area contributed by atoms with E-state index in [2.05, 4.69) is 20.9 Å². The molecule has 7 heteroatoms. The number of carbonyl (C=O) groups excluding carboxylic acids is 1. The maximum absolute atomic E-state index is 11.7. The lowest BCUT2D eigenvalue weighted by Gasteiger charge is -2.19. The quantitative estimate of drug-likeness (QED) is 0.342. The van der Waals surface area contributed by atoms with Crippen LogP contribution in [0.3, 0.4) is 0 Å². The summed E-state index contributed by atoms with van der Waals surface area (Å²) in [4.78, 5) is 16.2. The molecule has 0 aliphatic rings. The summed E-state index contributed by atoms with van der Waals surface area (Å²) in [5.74, 6) is 0.836. The van der Waals surface area contributed by atoms with Gasteiger partial charge < -0.3 is 15.4 Å². The molecule has 0 radical (unpaired) electrons. The predicted octanol–water partition coefficient (Wildman–Crippen LogP) is 3.77. The molecule has 25 heavy (non-hydrogen) atoms. The summed E-state index contributed by atoms with van der Waals surface area (Å²) in [5, 5.41) is 9.12. The largest absolute Gasteiger partial charge is 0.444 e. The van der Waals surface area contributed by atoms with Crippen LogP contribution in [0.1, 0.15) is 40.2 Å². The van der Waals surface area contributed by atoms with E-state index >= 15 is 0 Å². The van der Waals surface area contributed by atoms with Gasteiger partial charge in [0.2, 0.25) is 0 Å². The number of amides is 1. The molecule has 142 valence electrons. The highest BCUT2D eigenvalue weighted by atomic mass is 127. The first-order valence-corrected chi connectivity index (χ1v) is 8.45. The minimum atomic E-state index is -0.501. The molecule has 1 aromatic rings. The molecule has 0 saturated carbocycles. The van der Waals surface area contributed by atoms with E-state index in [-0.39, 0.29) is 24.0 Å². The second-order valence-electron chi connectivity index (χ2n) is 6.36. The maximum Gasteiger partial charge on any atom is 0.412 e. The van der Waals surface area contributed by atoms with Gasteiger partial charge in [0, 0.05) is 25.3 Å². The van der Waals surface area contributed by atoms with Crippen LogP contribution in [0.5, 0.6) is 0 Å². The van der Waals surface area contributed by atoms with Crippen molar-refractivity contribution in [2.75, 3.05) is 25.0 Å². The second kappa shape index (κ2) is 11.9. The molecule has 0 saturated heterocycles. The van der Waals surface area contributed by atoms with E-state index in [1.54, 1.807) is 0 Å². The summed E-state index contributed by atoms with van der Waals surface area (Å²) in [6.45, 7) is 12.0. The molecule has 0 spiro atoms. The van der Waals surface area contributed by atoms with E-state index < -0.39 is 11.7 Å². The molecule has 0 unspecified atom stereocenters. The van der Waals surface area contributed by atoms with Gasteiger partial charge in [0.05, 0.1) is 0 Å². The zero-order valence-electron chi connectivity index (χ0n) is 15.8. The Labute approximate surface area is 168 Å².